The van der Waals surface area contributed by atoms with Crippen LogP contribution in [0.15, 0.2) is 22.9 Å². The summed E-state index contributed by atoms with van der Waals surface area (Å²) in [5.41, 5.74) is 4.51. The number of aromatic nitrogens is 4. The number of likely N-dealkylation sites (tertiary alicyclic amines) is 1. The lowest BCUT2D eigenvalue weighted by Gasteiger charge is -2.32. The number of carbonyl (C=O) groups excluding carboxylic acids is 1. The third kappa shape index (κ3) is 3.64. The molecule has 0 amide bonds. The molecule has 0 radical (unpaired) electrons. The fourth-order valence-corrected chi connectivity index (χ4v) is 3.95. The van der Waals surface area contributed by atoms with Gasteiger partial charge in [0.05, 0.1) is 35.8 Å². The molecule has 3 aromatic heterocycles. The third-order valence-electron chi connectivity index (χ3n) is 5.09. The Morgan fingerprint density at radius 1 is 1.32 bits per heavy atom. The van der Waals surface area contributed by atoms with Crippen molar-refractivity contribution in [3.8, 4) is 11.3 Å². The highest BCUT2D eigenvalue weighted by Crippen LogP contribution is 2.34. The van der Waals surface area contributed by atoms with Crippen molar-refractivity contribution in [3.63, 3.8) is 0 Å². The van der Waals surface area contributed by atoms with Gasteiger partial charge in [0.2, 0.25) is 0 Å². The van der Waals surface area contributed by atoms with Gasteiger partial charge in [0.1, 0.15) is 0 Å². The van der Waals surface area contributed by atoms with E-state index in [1.165, 1.54) is 0 Å². The predicted octanol–water partition coefficient (Wildman–Crippen LogP) is 2.74. The topological polar surface area (TPSA) is 85.8 Å². The molecule has 0 aliphatic carbocycles. The molecule has 1 fully saturated rings. The molecule has 1 aliphatic rings. The smallest absolute Gasteiger partial charge is 0.320 e. The molecule has 1 saturated heterocycles. The van der Waals surface area contributed by atoms with Crippen molar-refractivity contribution in [2.45, 2.75) is 39.5 Å². The summed E-state index contributed by atoms with van der Waals surface area (Å²) in [6, 6.07) is 3.89. The molecule has 8 heteroatoms. The van der Waals surface area contributed by atoms with Crippen LogP contribution >= 0.6 is 0 Å². The molecule has 4 rings (SSSR count). The summed E-state index contributed by atoms with van der Waals surface area (Å²) in [5, 5.41) is 8.71. The van der Waals surface area contributed by atoms with E-state index in [9.17, 15) is 4.79 Å². The van der Waals surface area contributed by atoms with Crippen LogP contribution in [-0.2, 0) is 9.53 Å². The minimum absolute atomic E-state index is 0.177. The Kier molecular flexibility index (Phi) is 5.13. The van der Waals surface area contributed by atoms with E-state index >= 15 is 0 Å². The molecule has 0 spiro atoms. The zero-order valence-corrected chi connectivity index (χ0v) is 16.5. The maximum atomic E-state index is 11.9. The molecular formula is C20H25N5O3. The Bertz CT molecular complexity index is 993. The number of carbonyl (C=O) groups is 1. The lowest BCUT2D eigenvalue weighted by Crippen LogP contribution is -2.39. The minimum atomic E-state index is -0.177. The molecule has 1 atom stereocenters. The van der Waals surface area contributed by atoms with Gasteiger partial charge in [-0.15, -0.1) is 0 Å². The van der Waals surface area contributed by atoms with E-state index in [-0.39, 0.29) is 11.9 Å². The molecule has 28 heavy (non-hydrogen) atoms. The van der Waals surface area contributed by atoms with E-state index < -0.39 is 0 Å². The second-order valence-corrected chi connectivity index (χ2v) is 7.32. The van der Waals surface area contributed by atoms with E-state index in [0.29, 0.717) is 18.9 Å². The van der Waals surface area contributed by atoms with Crippen LogP contribution in [0.25, 0.3) is 17.0 Å². The molecule has 4 heterocycles. The minimum Gasteiger partial charge on any atom is -0.465 e. The highest BCUT2D eigenvalue weighted by Gasteiger charge is 2.29. The van der Waals surface area contributed by atoms with Crippen LogP contribution in [0.5, 0.6) is 0 Å². The summed E-state index contributed by atoms with van der Waals surface area (Å²) in [6.45, 7) is 8.06. The maximum Gasteiger partial charge on any atom is 0.320 e. The zero-order valence-electron chi connectivity index (χ0n) is 16.5. The molecule has 8 nitrogen and oxygen atoms in total. The van der Waals surface area contributed by atoms with Crippen LogP contribution in [0.1, 0.15) is 42.8 Å². The van der Waals surface area contributed by atoms with E-state index in [2.05, 4.69) is 20.1 Å². The van der Waals surface area contributed by atoms with Gasteiger partial charge >= 0.3 is 5.97 Å². The Labute approximate surface area is 163 Å². The van der Waals surface area contributed by atoms with Crippen molar-refractivity contribution in [3.05, 3.63) is 35.4 Å². The van der Waals surface area contributed by atoms with Gasteiger partial charge < -0.3 is 9.26 Å². The summed E-state index contributed by atoms with van der Waals surface area (Å²) in [5.74, 6) is 0.718. The number of ether oxygens (including phenoxy) is 1. The summed E-state index contributed by atoms with van der Waals surface area (Å²) in [4.78, 5) is 18.7. The number of piperidine rings is 1. The van der Waals surface area contributed by atoms with E-state index in [1.54, 1.807) is 0 Å². The quantitative estimate of drug-likeness (QED) is 0.626. The number of fused-ring (bicyclic) bond motifs is 1. The highest BCUT2D eigenvalue weighted by molar-refractivity contribution is 5.71. The summed E-state index contributed by atoms with van der Waals surface area (Å²) >= 11 is 0. The third-order valence-corrected chi connectivity index (χ3v) is 5.09. The summed E-state index contributed by atoms with van der Waals surface area (Å²) < 4.78 is 12.6. The first-order valence-corrected chi connectivity index (χ1v) is 9.72. The molecular weight excluding hydrogens is 358 g/mol. The van der Waals surface area contributed by atoms with Gasteiger partial charge in [0.15, 0.2) is 11.4 Å². The first-order valence-electron chi connectivity index (χ1n) is 9.72. The van der Waals surface area contributed by atoms with Crippen molar-refractivity contribution in [1.29, 1.82) is 0 Å². The SMILES string of the molecule is CCOC(=O)CN1CCC[C@@H](c2c(-c3cc(C)no3)cnc3cc(C)nn23)C1. The standard InChI is InChI=1S/C20H25N5O3/c1-4-27-19(26)12-24-7-5-6-15(11-24)20-16(17-8-14(3)23-28-17)10-21-18-9-13(2)22-25(18)20/h8-10,15H,4-7,11-12H2,1-3H3/t15-/m1/s1. The Morgan fingerprint density at radius 2 is 2.18 bits per heavy atom. The number of rotatable bonds is 5. The second kappa shape index (κ2) is 7.71. The Hall–Kier alpha value is -2.74. The molecule has 0 saturated carbocycles. The Balaban J connectivity index is 1.72. The van der Waals surface area contributed by atoms with Crippen molar-refractivity contribution in [2.75, 3.05) is 26.2 Å². The normalized spacial score (nSPS) is 17.9. The molecule has 0 aromatic carbocycles. The number of nitrogens with zero attached hydrogens (tertiary/aromatic N) is 5. The van der Waals surface area contributed by atoms with Crippen molar-refractivity contribution in [2.24, 2.45) is 0 Å². The van der Waals surface area contributed by atoms with Gasteiger partial charge in [-0.05, 0) is 40.2 Å². The fourth-order valence-electron chi connectivity index (χ4n) is 3.95. The largest absolute Gasteiger partial charge is 0.465 e. The molecule has 0 N–H and O–H groups in total. The van der Waals surface area contributed by atoms with Gasteiger partial charge in [-0.2, -0.15) is 5.10 Å². The number of hydrogen-bond acceptors (Lipinski definition) is 7. The van der Waals surface area contributed by atoms with Crippen molar-refractivity contribution in [1.82, 2.24) is 24.7 Å². The number of aryl methyl sites for hydroxylation is 2. The van der Waals surface area contributed by atoms with E-state index in [4.69, 9.17) is 9.26 Å². The maximum absolute atomic E-state index is 11.9. The van der Waals surface area contributed by atoms with Crippen LogP contribution in [-0.4, -0.2) is 56.9 Å². The molecule has 148 valence electrons. The summed E-state index contributed by atoms with van der Waals surface area (Å²) in [6.07, 6.45) is 3.86. The second-order valence-electron chi connectivity index (χ2n) is 7.32. The summed E-state index contributed by atoms with van der Waals surface area (Å²) in [7, 11) is 0. The van der Waals surface area contributed by atoms with Crippen LogP contribution in [0.3, 0.4) is 0 Å². The lowest BCUT2D eigenvalue weighted by atomic mass is 9.91. The lowest BCUT2D eigenvalue weighted by molar-refractivity contribution is -0.144. The average Bonchev–Trinajstić information content (AvgIpc) is 3.25. The molecule has 0 bridgehead atoms. The van der Waals surface area contributed by atoms with Crippen LogP contribution in [0.4, 0.5) is 0 Å². The average molecular weight is 383 g/mol. The van der Waals surface area contributed by atoms with Crippen molar-refractivity contribution < 1.29 is 14.1 Å². The zero-order chi connectivity index (χ0) is 19.7. The predicted molar refractivity (Wildman–Crippen MR) is 103 cm³/mol. The highest BCUT2D eigenvalue weighted by atomic mass is 16.5. The van der Waals surface area contributed by atoms with Crippen molar-refractivity contribution >= 4 is 11.6 Å². The molecule has 3 aromatic rings. The van der Waals surface area contributed by atoms with Gasteiger partial charge in [-0.25, -0.2) is 9.50 Å². The van der Waals surface area contributed by atoms with Gasteiger partial charge in [-0.3, -0.25) is 9.69 Å². The monoisotopic (exact) mass is 383 g/mol. The van der Waals surface area contributed by atoms with Crippen LogP contribution < -0.4 is 0 Å². The van der Waals surface area contributed by atoms with Gasteiger partial charge in [-0.1, -0.05) is 5.16 Å². The first-order chi connectivity index (χ1) is 13.5. The molecule has 1 aliphatic heterocycles. The fraction of sp³-hybridized carbons (Fsp3) is 0.500. The van der Waals surface area contributed by atoms with E-state index in [0.717, 1.165) is 54.2 Å². The Morgan fingerprint density at radius 3 is 2.93 bits per heavy atom. The van der Waals surface area contributed by atoms with Gasteiger partial charge in [0.25, 0.3) is 0 Å². The van der Waals surface area contributed by atoms with E-state index in [1.807, 2.05) is 43.6 Å². The number of hydrogen-bond donors (Lipinski definition) is 0. The number of esters is 1. The van der Waals surface area contributed by atoms with Crippen LogP contribution in [0, 0.1) is 13.8 Å². The van der Waals surface area contributed by atoms with Crippen LogP contribution in [0.2, 0.25) is 0 Å². The molecule has 0 unspecified atom stereocenters. The first kappa shape index (κ1) is 18.6. The van der Waals surface area contributed by atoms with Gasteiger partial charge in [0, 0.05) is 30.8 Å².